The molecule has 15 heavy (non-hydrogen) atoms. The third-order valence-electron chi connectivity index (χ3n) is 3.02. The van der Waals surface area contributed by atoms with Gasteiger partial charge in [-0.2, -0.15) is 11.8 Å². The summed E-state index contributed by atoms with van der Waals surface area (Å²) >= 11 is 2.12. The van der Waals surface area contributed by atoms with E-state index in [-0.39, 0.29) is 0 Å². The number of thioether (sulfide) groups is 1. The first kappa shape index (κ1) is 13.3. The van der Waals surface area contributed by atoms with E-state index >= 15 is 0 Å². The van der Waals surface area contributed by atoms with Crippen LogP contribution < -0.4 is 0 Å². The highest BCUT2D eigenvalue weighted by Gasteiger charge is 2.21. The average Bonchev–Trinajstić information content (AvgIpc) is 2.27. The second kappa shape index (κ2) is 7.53. The molecule has 0 heterocycles. The van der Waals surface area contributed by atoms with Gasteiger partial charge in [-0.1, -0.05) is 6.92 Å². The lowest BCUT2D eigenvalue weighted by atomic mass is 9.97. The molecular weight excluding hydrogens is 208 g/mol. The van der Waals surface area contributed by atoms with Gasteiger partial charge in [0.1, 0.15) is 0 Å². The maximum absolute atomic E-state index is 5.37. The van der Waals surface area contributed by atoms with E-state index in [2.05, 4.69) is 18.7 Å². The van der Waals surface area contributed by atoms with E-state index in [0.29, 0.717) is 12.0 Å². The van der Waals surface area contributed by atoms with Crippen molar-refractivity contribution in [1.29, 1.82) is 0 Å². The van der Waals surface area contributed by atoms with E-state index in [1.165, 1.54) is 31.4 Å². The zero-order valence-corrected chi connectivity index (χ0v) is 11.0. The molecule has 1 rings (SSSR count). The molecule has 0 aliphatic heterocycles. The maximum Gasteiger partial charge on any atom is 0.0572 e. The van der Waals surface area contributed by atoms with E-state index in [1.54, 1.807) is 7.11 Å². The van der Waals surface area contributed by atoms with Crippen molar-refractivity contribution in [3.63, 3.8) is 0 Å². The number of hydrogen-bond donors (Lipinski definition) is 0. The molecule has 0 aromatic heterocycles. The molecule has 0 radical (unpaired) electrons. The van der Waals surface area contributed by atoms with Crippen molar-refractivity contribution in [3.05, 3.63) is 0 Å². The average molecular weight is 232 g/mol. The molecular formula is C12H24O2S. The largest absolute Gasteiger partial charge is 0.384 e. The Bertz CT molecular complexity index is 156. The Balaban J connectivity index is 2.08. The summed E-state index contributed by atoms with van der Waals surface area (Å²) in [5, 5.41) is 0.857. The Morgan fingerprint density at radius 3 is 2.40 bits per heavy atom. The molecule has 0 amide bonds. The number of hydrogen-bond acceptors (Lipinski definition) is 3. The molecule has 3 heteroatoms. The summed E-state index contributed by atoms with van der Waals surface area (Å²) < 4.78 is 10.5. The quantitative estimate of drug-likeness (QED) is 0.701. The topological polar surface area (TPSA) is 18.5 Å². The second-order valence-corrected chi connectivity index (χ2v) is 5.86. The molecule has 0 spiro atoms. The summed E-state index contributed by atoms with van der Waals surface area (Å²) in [5.41, 5.74) is 0. The number of rotatable bonds is 6. The molecule has 0 bridgehead atoms. The standard InChI is InChI=1S/C12H24O2S/c1-10(8-13-2)9-15-12-6-4-11(14-3)5-7-12/h10-12H,4-9H2,1-3H3. The van der Waals surface area contributed by atoms with E-state index in [9.17, 15) is 0 Å². The Morgan fingerprint density at radius 1 is 1.20 bits per heavy atom. The summed E-state index contributed by atoms with van der Waals surface area (Å²) in [5.74, 6) is 1.91. The van der Waals surface area contributed by atoms with Crippen molar-refractivity contribution in [2.24, 2.45) is 5.92 Å². The first-order valence-corrected chi connectivity index (χ1v) is 6.94. The highest BCUT2D eigenvalue weighted by Crippen LogP contribution is 2.30. The normalized spacial score (nSPS) is 29.0. The van der Waals surface area contributed by atoms with Gasteiger partial charge in [0.25, 0.3) is 0 Å². The minimum absolute atomic E-state index is 0.526. The molecule has 2 nitrogen and oxygen atoms in total. The van der Waals surface area contributed by atoms with Crippen molar-refractivity contribution >= 4 is 11.8 Å². The first-order valence-electron chi connectivity index (χ1n) is 5.89. The number of methoxy groups -OCH3 is 2. The van der Waals surface area contributed by atoms with Crippen LogP contribution in [0.25, 0.3) is 0 Å². The third kappa shape index (κ3) is 5.23. The summed E-state index contributed by atoms with van der Waals surface area (Å²) in [6.45, 7) is 3.15. The van der Waals surface area contributed by atoms with E-state index in [1.807, 2.05) is 7.11 Å². The van der Waals surface area contributed by atoms with Gasteiger partial charge in [0.2, 0.25) is 0 Å². The highest BCUT2D eigenvalue weighted by atomic mass is 32.2. The fraction of sp³-hybridized carbons (Fsp3) is 1.00. The Morgan fingerprint density at radius 2 is 1.87 bits per heavy atom. The zero-order valence-electron chi connectivity index (χ0n) is 10.2. The Kier molecular flexibility index (Phi) is 6.69. The van der Waals surface area contributed by atoms with Crippen LogP contribution in [0.5, 0.6) is 0 Å². The fourth-order valence-corrected chi connectivity index (χ4v) is 3.37. The van der Waals surface area contributed by atoms with Gasteiger partial charge in [0.05, 0.1) is 6.10 Å². The van der Waals surface area contributed by atoms with E-state index in [4.69, 9.17) is 9.47 Å². The molecule has 1 atom stereocenters. The van der Waals surface area contributed by atoms with Crippen LogP contribution in [0.3, 0.4) is 0 Å². The van der Waals surface area contributed by atoms with Gasteiger partial charge in [0, 0.05) is 26.1 Å². The van der Waals surface area contributed by atoms with Gasteiger partial charge < -0.3 is 9.47 Å². The van der Waals surface area contributed by atoms with Crippen molar-refractivity contribution in [1.82, 2.24) is 0 Å². The van der Waals surface area contributed by atoms with Crippen LogP contribution >= 0.6 is 11.8 Å². The molecule has 0 N–H and O–H groups in total. The van der Waals surface area contributed by atoms with Crippen molar-refractivity contribution < 1.29 is 9.47 Å². The van der Waals surface area contributed by atoms with Crippen LogP contribution in [0.2, 0.25) is 0 Å². The van der Waals surface area contributed by atoms with E-state index in [0.717, 1.165) is 11.9 Å². The van der Waals surface area contributed by atoms with Crippen LogP contribution in [0.1, 0.15) is 32.6 Å². The summed E-state index contributed by atoms with van der Waals surface area (Å²) in [7, 11) is 3.61. The molecule has 90 valence electrons. The van der Waals surface area contributed by atoms with E-state index < -0.39 is 0 Å². The smallest absolute Gasteiger partial charge is 0.0572 e. The fourth-order valence-electron chi connectivity index (χ4n) is 2.07. The number of ether oxygens (including phenoxy) is 2. The monoisotopic (exact) mass is 232 g/mol. The minimum Gasteiger partial charge on any atom is -0.384 e. The Hall–Kier alpha value is 0.270. The van der Waals surface area contributed by atoms with Crippen LogP contribution in [-0.4, -0.2) is 37.9 Å². The third-order valence-corrected chi connectivity index (χ3v) is 4.73. The van der Waals surface area contributed by atoms with Crippen molar-refractivity contribution in [2.45, 2.75) is 44.0 Å². The highest BCUT2D eigenvalue weighted by molar-refractivity contribution is 7.99. The second-order valence-electron chi connectivity index (χ2n) is 4.53. The van der Waals surface area contributed by atoms with Crippen molar-refractivity contribution in [3.8, 4) is 0 Å². The molecule has 1 saturated carbocycles. The van der Waals surface area contributed by atoms with Gasteiger partial charge >= 0.3 is 0 Å². The van der Waals surface area contributed by atoms with Crippen LogP contribution in [-0.2, 0) is 9.47 Å². The van der Waals surface area contributed by atoms with Crippen molar-refractivity contribution in [2.75, 3.05) is 26.6 Å². The van der Waals surface area contributed by atoms with Gasteiger partial charge in [-0.15, -0.1) is 0 Å². The summed E-state index contributed by atoms with van der Waals surface area (Å²) in [6.07, 6.45) is 5.66. The predicted molar refractivity (Wildman–Crippen MR) is 66.6 cm³/mol. The van der Waals surface area contributed by atoms with Gasteiger partial charge in [-0.25, -0.2) is 0 Å². The van der Waals surface area contributed by atoms with Crippen LogP contribution in [0.15, 0.2) is 0 Å². The lowest BCUT2D eigenvalue weighted by Gasteiger charge is -2.27. The summed E-state index contributed by atoms with van der Waals surface area (Å²) in [6, 6.07) is 0. The Labute approximate surface area is 98.1 Å². The molecule has 1 aliphatic rings. The van der Waals surface area contributed by atoms with Crippen LogP contribution in [0, 0.1) is 5.92 Å². The maximum atomic E-state index is 5.37. The zero-order chi connectivity index (χ0) is 11.1. The minimum atomic E-state index is 0.526. The summed E-state index contributed by atoms with van der Waals surface area (Å²) in [4.78, 5) is 0. The SMILES string of the molecule is COCC(C)CSC1CCC(OC)CC1. The van der Waals surface area contributed by atoms with Crippen LogP contribution in [0.4, 0.5) is 0 Å². The molecule has 0 aromatic rings. The van der Waals surface area contributed by atoms with Gasteiger partial charge in [0.15, 0.2) is 0 Å². The predicted octanol–water partition coefficient (Wildman–Crippen LogP) is 2.96. The van der Waals surface area contributed by atoms with Gasteiger partial charge in [-0.3, -0.25) is 0 Å². The molecule has 0 aromatic carbocycles. The lowest BCUT2D eigenvalue weighted by molar-refractivity contribution is 0.0723. The molecule has 1 unspecified atom stereocenters. The molecule has 1 aliphatic carbocycles. The lowest BCUT2D eigenvalue weighted by Crippen LogP contribution is -2.22. The first-order chi connectivity index (χ1) is 7.26. The van der Waals surface area contributed by atoms with Gasteiger partial charge in [-0.05, 0) is 37.4 Å². The molecule has 0 saturated heterocycles. The molecule has 1 fully saturated rings.